The highest BCUT2D eigenvalue weighted by atomic mass is 35.5. The number of hydrogen-bond donors (Lipinski definition) is 1. The van der Waals surface area contributed by atoms with E-state index in [0.29, 0.717) is 33.4 Å². The number of halogens is 1. The molecule has 0 saturated heterocycles. The Labute approximate surface area is 156 Å². The van der Waals surface area contributed by atoms with Gasteiger partial charge in [0, 0.05) is 5.39 Å². The molecule has 0 spiro atoms. The van der Waals surface area contributed by atoms with Crippen LogP contribution >= 0.6 is 11.6 Å². The molecule has 0 aliphatic heterocycles. The van der Waals surface area contributed by atoms with Crippen molar-refractivity contribution in [2.45, 2.75) is 13.8 Å². The third kappa shape index (κ3) is 3.44. The third-order valence-corrected chi connectivity index (χ3v) is 4.30. The number of carbonyl (C=O) groups excluding carboxylic acids is 1. The minimum atomic E-state index is -0.447. The van der Waals surface area contributed by atoms with Crippen molar-refractivity contribution in [2.75, 3.05) is 19.0 Å². The van der Waals surface area contributed by atoms with E-state index in [4.69, 9.17) is 21.1 Å². The van der Waals surface area contributed by atoms with Crippen LogP contribution in [0.4, 0.5) is 11.5 Å². The van der Waals surface area contributed by atoms with Gasteiger partial charge in [-0.3, -0.25) is 0 Å². The van der Waals surface area contributed by atoms with Crippen LogP contribution < -0.4 is 10.1 Å². The number of nitrogens with one attached hydrogen (secondary N) is 1. The number of pyridine rings is 1. The fourth-order valence-electron chi connectivity index (χ4n) is 2.70. The van der Waals surface area contributed by atoms with Gasteiger partial charge in [0.1, 0.15) is 22.6 Å². The Bertz CT molecular complexity index is 952. The van der Waals surface area contributed by atoms with Crippen molar-refractivity contribution in [3.63, 3.8) is 0 Å². The fourth-order valence-corrected chi connectivity index (χ4v) is 2.97. The number of carbonyl (C=O) groups is 1. The summed E-state index contributed by atoms with van der Waals surface area (Å²) in [5, 5.41) is 4.52. The van der Waals surface area contributed by atoms with Crippen LogP contribution in [0.2, 0.25) is 5.02 Å². The molecule has 1 heterocycles. The molecule has 0 aliphatic rings. The molecule has 0 unspecified atom stereocenters. The van der Waals surface area contributed by atoms with Gasteiger partial charge in [-0.25, -0.2) is 9.78 Å². The second-order valence-electron chi connectivity index (χ2n) is 5.69. The van der Waals surface area contributed by atoms with Crippen molar-refractivity contribution in [3.8, 4) is 5.75 Å². The highest BCUT2D eigenvalue weighted by Crippen LogP contribution is 2.33. The summed E-state index contributed by atoms with van der Waals surface area (Å²) >= 11 is 6.32. The summed E-state index contributed by atoms with van der Waals surface area (Å²) in [5.41, 5.74) is 2.62. The van der Waals surface area contributed by atoms with E-state index < -0.39 is 5.97 Å². The zero-order chi connectivity index (χ0) is 18.7. The number of hydrogen-bond acceptors (Lipinski definition) is 5. The van der Waals surface area contributed by atoms with Gasteiger partial charge in [-0.2, -0.15) is 0 Å². The Hall–Kier alpha value is -2.79. The Kier molecular flexibility index (Phi) is 5.28. The van der Waals surface area contributed by atoms with Gasteiger partial charge < -0.3 is 14.8 Å². The summed E-state index contributed by atoms with van der Waals surface area (Å²) < 4.78 is 10.6. The molecule has 3 aromatic rings. The van der Waals surface area contributed by atoms with E-state index in [9.17, 15) is 4.79 Å². The largest absolute Gasteiger partial charge is 0.494 e. The van der Waals surface area contributed by atoms with E-state index in [1.165, 1.54) is 0 Å². The lowest BCUT2D eigenvalue weighted by molar-refractivity contribution is 0.0527. The molecule has 0 fully saturated rings. The average molecular weight is 371 g/mol. The molecule has 2 aromatic carbocycles. The number of rotatable bonds is 5. The predicted octanol–water partition coefficient (Wildman–Crippen LogP) is 5.13. The molecule has 0 aliphatic carbocycles. The summed E-state index contributed by atoms with van der Waals surface area (Å²) in [6.07, 6.45) is 0. The van der Waals surface area contributed by atoms with Gasteiger partial charge in [-0.1, -0.05) is 35.9 Å². The number of aryl methyl sites for hydroxylation is 1. The van der Waals surface area contributed by atoms with Gasteiger partial charge in [0.2, 0.25) is 0 Å². The lowest BCUT2D eigenvalue weighted by Gasteiger charge is -2.15. The number of anilines is 2. The number of esters is 1. The topological polar surface area (TPSA) is 60.5 Å². The number of aromatic nitrogens is 1. The Morgan fingerprint density at radius 3 is 2.69 bits per heavy atom. The molecule has 0 saturated carbocycles. The molecule has 0 radical (unpaired) electrons. The second kappa shape index (κ2) is 7.62. The van der Waals surface area contributed by atoms with Crippen molar-refractivity contribution in [1.29, 1.82) is 0 Å². The first kappa shape index (κ1) is 18.0. The van der Waals surface area contributed by atoms with E-state index in [0.717, 1.165) is 10.9 Å². The summed E-state index contributed by atoms with van der Waals surface area (Å²) in [6.45, 7) is 3.97. The number of para-hydroxylation sites is 2. The lowest BCUT2D eigenvalue weighted by atomic mass is 10.1. The highest BCUT2D eigenvalue weighted by molar-refractivity contribution is 6.33. The predicted molar refractivity (Wildman–Crippen MR) is 104 cm³/mol. The minimum absolute atomic E-state index is 0.277. The lowest BCUT2D eigenvalue weighted by Crippen LogP contribution is -2.10. The first-order valence-corrected chi connectivity index (χ1v) is 8.60. The summed E-state index contributed by atoms with van der Waals surface area (Å²) in [4.78, 5) is 17.1. The maximum Gasteiger partial charge on any atom is 0.341 e. The number of benzene rings is 2. The number of nitrogens with zero attached hydrogens (tertiary/aromatic N) is 1. The molecular formula is C20H19ClN2O3. The van der Waals surface area contributed by atoms with E-state index in [2.05, 4.69) is 10.3 Å². The van der Waals surface area contributed by atoms with Gasteiger partial charge in [-0.15, -0.1) is 0 Å². The molecule has 5 nitrogen and oxygen atoms in total. The van der Waals surface area contributed by atoms with Crippen molar-refractivity contribution >= 4 is 40.0 Å². The molecule has 0 atom stereocenters. The van der Waals surface area contributed by atoms with Crippen molar-refractivity contribution in [3.05, 3.63) is 58.6 Å². The molecular weight excluding hydrogens is 352 g/mol. The number of ether oxygens (including phenoxy) is 2. The monoisotopic (exact) mass is 370 g/mol. The van der Waals surface area contributed by atoms with E-state index >= 15 is 0 Å². The Morgan fingerprint density at radius 2 is 2.00 bits per heavy atom. The molecule has 0 bridgehead atoms. The zero-order valence-corrected chi connectivity index (χ0v) is 15.6. The SMILES string of the molecule is CCOC(=O)c1cc2cccc(OC)c2nc1Nc1c(C)cccc1Cl. The minimum Gasteiger partial charge on any atom is -0.494 e. The maximum absolute atomic E-state index is 12.5. The van der Waals surface area contributed by atoms with Crippen LogP contribution in [0.3, 0.4) is 0 Å². The van der Waals surface area contributed by atoms with Crippen molar-refractivity contribution in [1.82, 2.24) is 4.98 Å². The average Bonchev–Trinajstić information content (AvgIpc) is 2.63. The number of methoxy groups -OCH3 is 1. The van der Waals surface area contributed by atoms with Crippen molar-refractivity contribution in [2.24, 2.45) is 0 Å². The molecule has 1 aromatic heterocycles. The quantitative estimate of drug-likeness (QED) is 0.631. The molecule has 26 heavy (non-hydrogen) atoms. The first-order valence-electron chi connectivity index (χ1n) is 8.22. The summed E-state index contributed by atoms with van der Waals surface area (Å²) in [7, 11) is 1.58. The van der Waals surface area contributed by atoms with Crippen LogP contribution in [-0.4, -0.2) is 24.7 Å². The molecule has 1 N–H and O–H groups in total. The van der Waals surface area contributed by atoms with Gasteiger partial charge in [0.15, 0.2) is 0 Å². The van der Waals surface area contributed by atoms with E-state index in [1.807, 2.05) is 37.3 Å². The first-order chi connectivity index (χ1) is 12.5. The summed E-state index contributed by atoms with van der Waals surface area (Å²) in [5.74, 6) is 0.547. The molecule has 0 amide bonds. The summed E-state index contributed by atoms with van der Waals surface area (Å²) in [6, 6.07) is 12.9. The number of fused-ring (bicyclic) bond motifs is 1. The zero-order valence-electron chi connectivity index (χ0n) is 14.8. The third-order valence-electron chi connectivity index (χ3n) is 3.99. The van der Waals surface area contributed by atoms with Gasteiger partial charge in [0.05, 0.1) is 24.4 Å². The van der Waals surface area contributed by atoms with Gasteiger partial charge in [-0.05, 0) is 37.6 Å². The van der Waals surface area contributed by atoms with Crippen LogP contribution in [0.5, 0.6) is 5.75 Å². The highest BCUT2D eigenvalue weighted by Gasteiger charge is 2.18. The fraction of sp³-hybridized carbons (Fsp3) is 0.200. The van der Waals surface area contributed by atoms with Crippen LogP contribution in [0, 0.1) is 6.92 Å². The normalized spacial score (nSPS) is 10.6. The Morgan fingerprint density at radius 1 is 1.23 bits per heavy atom. The van der Waals surface area contributed by atoms with E-state index in [-0.39, 0.29) is 6.61 Å². The smallest absolute Gasteiger partial charge is 0.341 e. The van der Waals surface area contributed by atoms with Gasteiger partial charge >= 0.3 is 5.97 Å². The van der Waals surface area contributed by atoms with Gasteiger partial charge in [0.25, 0.3) is 0 Å². The van der Waals surface area contributed by atoms with E-state index in [1.54, 1.807) is 26.2 Å². The van der Waals surface area contributed by atoms with Crippen LogP contribution in [0.1, 0.15) is 22.8 Å². The Balaban J connectivity index is 2.20. The second-order valence-corrected chi connectivity index (χ2v) is 6.10. The maximum atomic E-state index is 12.5. The standard InChI is InChI=1S/C20H19ClN2O3/c1-4-26-20(24)14-11-13-8-6-10-16(25-3)18(13)23-19(14)22-17-12(2)7-5-9-15(17)21/h5-11H,4H2,1-3H3,(H,22,23). The van der Waals surface area contributed by atoms with Crippen LogP contribution in [-0.2, 0) is 4.74 Å². The molecule has 134 valence electrons. The van der Waals surface area contributed by atoms with Crippen molar-refractivity contribution < 1.29 is 14.3 Å². The van der Waals surface area contributed by atoms with Crippen LogP contribution in [0.25, 0.3) is 10.9 Å². The van der Waals surface area contributed by atoms with Crippen LogP contribution in [0.15, 0.2) is 42.5 Å². The molecule has 3 rings (SSSR count). The molecule has 6 heteroatoms.